The molecule has 0 saturated heterocycles. The predicted octanol–water partition coefficient (Wildman–Crippen LogP) is 1.54. The molecule has 3 N–H and O–H groups in total. The average Bonchev–Trinajstić information content (AvgIpc) is 2.52. The molecule has 2 amide bonds. The largest absolute Gasteiger partial charge is 0.508 e. The lowest BCUT2D eigenvalue weighted by molar-refractivity contribution is -0.123. The van der Waals surface area contributed by atoms with Crippen LogP contribution >= 0.6 is 0 Å². The van der Waals surface area contributed by atoms with Gasteiger partial charge in [-0.25, -0.2) is 0 Å². The van der Waals surface area contributed by atoms with Gasteiger partial charge >= 0.3 is 0 Å². The Kier molecular flexibility index (Phi) is 4.98. The summed E-state index contributed by atoms with van der Waals surface area (Å²) < 4.78 is 5.36. The maximum Gasteiger partial charge on any atom is 0.276 e. The molecule has 0 bridgehead atoms. The van der Waals surface area contributed by atoms with E-state index in [1.54, 1.807) is 6.07 Å². The number of rotatable bonds is 4. The zero-order valence-electron chi connectivity index (χ0n) is 12.0. The van der Waals surface area contributed by atoms with Crippen LogP contribution in [0.5, 0.6) is 11.5 Å². The molecule has 0 aliphatic heterocycles. The molecule has 114 valence electrons. The molecule has 6 nitrogen and oxygen atoms in total. The van der Waals surface area contributed by atoms with Crippen LogP contribution in [0.15, 0.2) is 48.5 Å². The molecule has 0 atom stereocenters. The quantitative estimate of drug-likeness (QED) is 0.747. The standard InChI is InChI=1S/C16H16N2O4/c1-11-4-2-3-5-14(11)22-10-15(20)17-18-16(21)12-6-8-13(19)9-7-12/h2-9,19H,10H2,1H3,(H,17,20)(H,18,21). The van der Waals surface area contributed by atoms with Gasteiger partial charge < -0.3 is 9.84 Å². The van der Waals surface area contributed by atoms with Gasteiger partial charge in [-0.05, 0) is 42.8 Å². The maximum absolute atomic E-state index is 11.7. The number of ether oxygens (including phenoxy) is 1. The first kappa shape index (κ1) is 15.4. The van der Waals surface area contributed by atoms with Crippen molar-refractivity contribution in [2.45, 2.75) is 6.92 Å². The van der Waals surface area contributed by atoms with Crippen LogP contribution in [0.25, 0.3) is 0 Å². The Hall–Kier alpha value is -3.02. The normalized spacial score (nSPS) is 9.86. The number of nitrogens with one attached hydrogen (secondary N) is 2. The zero-order chi connectivity index (χ0) is 15.9. The van der Waals surface area contributed by atoms with Crippen LogP contribution in [-0.2, 0) is 4.79 Å². The average molecular weight is 300 g/mol. The molecule has 0 radical (unpaired) electrons. The van der Waals surface area contributed by atoms with Crippen LogP contribution in [0.4, 0.5) is 0 Å². The molecule has 6 heteroatoms. The number of hydrogen-bond acceptors (Lipinski definition) is 4. The van der Waals surface area contributed by atoms with Gasteiger partial charge in [0.25, 0.3) is 11.8 Å². The molecule has 0 aliphatic rings. The highest BCUT2D eigenvalue weighted by Crippen LogP contribution is 2.15. The second-order valence-electron chi connectivity index (χ2n) is 4.60. The highest BCUT2D eigenvalue weighted by Gasteiger charge is 2.08. The molecule has 0 spiro atoms. The van der Waals surface area contributed by atoms with Crippen LogP contribution in [-0.4, -0.2) is 23.5 Å². The van der Waals surface area contributed by atoms with Gasteiger partial charge in [0.15, 0.2) is 6.61 Å². The molecule has 0 fully saturated rings. The summed E-state index contributed by atoms with van der Waals surface area (Å²) in [4.78, 5) is 23.4. The molecule has 0 heterocycles. The smallest absolute Gasteiger partial charge is 0.276 e. The summed E-state index contributed by atoms with van der Waals surface area (Å²) in [5, 5.41) is 9.14. The molecule has 0 saturated carbocycles. The third-order valence-corrected chi connectivity index (χ3v) is 2.90. The van der Waals surface area contributed by atoms with Crippen molar-refractivity contribution in [3.05, 3.63) is 59.7 Å². The van der Waals surface area contributed by atoms with Gasteiger partial charge in [-0.15, -0.1) is 0 Å². The summed E-state index contributed by atoms with van der Waals surface area (Å²) >= 11 is 0. The Bertz CT molecular complexity index is 668. The number of aryl methyl sites for hydroxylation is 1. The minimum Gasteiger partial charge on any atom is -0.508 e. The number of hydrogen-bond donors (Lipinski definition) is 3. The number of hydrazine groups is 1. The molecule has 2 aromatic rings. The predicted molar refractivity (Wildman–Crippen MR) is 80.4 cm³/mol. The number of aromatic hydroxyl groups is 1. The number of phenolic OH excluding ortho intramolecular Hbond substituents is 1. The first-order chi connectivity index (χ1) is 10.6. The minimum atomic E-state index is -0.482. The van der Waals surface area contributed by atoms with E-state index in [1.165, 1.54) is 24.3 Å². The molecule has 0 aliphatic carbocycles. The lowest BCUT2D eigenvalue weighted by Gasteiger charge is -2.10. The zero-order valence-corrected chi connectivity index (χ0v) is 12.0. The van der Waals surface area contributed by atoms with E-state index in [1.807, 2.05) is 25.1 Å². The summed E-state index contributed by atoms with van der Waals surface area (Å²) in [7, 11) is 0. The van der Waals surface area contributed by atoms with Gasteiger partial charge in [0, 0.05) is 5.56 Å². The van der Waals surface area contributed by atoms with Crippen molar-refractivity contribution in [1.29, 1.82) is 0 Å². The van der Waals surface area contributed by atoms with Crippen molar-refractivity contribution in [2.24, 2.45) is 0 Å². The van der Waals surface area contributed by atoms with E-state index in [4.69, 9.17) is 9.84 Å². The van der Waals surface area contributed by atoms with Crippen molar-refractivity contribution in [1.82, 2.24) is 10.9 Å². The molecule has 2 rings (SSSR count). The van der Waals surface area contributed by atoms with Crippen LogP contribution < -0.4 is 15.6 Å². The fraction of sp³-hybridized carbons (Fsp3) is 0.125. The highest BCUT2D eigenvalue weighted by atomic mass is 16.5. The fourth-order valence-electron chi connectivity index (χ4n) is 1.71. The number of phenols is 1. The number of benzene rings is 2. The minimum absolute atomic E-state index is 0.0622. The van der Waals surface area contributed by atoms with Crippen molar-refractivity contribution in [3.8, 4) is 11.5 Å². The Morgan fingerprint density at radius 1 is 1.05 bits per heavy atom. The van der Waals surface area contributed by atoms with Gasteiger partial charge in [0.05, 0.1) is 0 Å². The Balaban J connectivity index is 1.79. The van der Waals surface area contributed by atoms with E-state index in [9.17, 15) is 9.59 Å². The van der Waals surface area contributed by atoms with Crippen molar-refractivity contribution < 1.29 is 19.4 Å². The molecule has 0 unspecified atom stereocenters. The number of amides is 2. The summed E-state index contributed by atoms with van der Waals surface area (Å²) in [5.74, 6) is -0.283. The van der Waals surface area contributed by atoms with Gasteiger partial charge in [-0.1, -0.05) is 18.2 Å². The number of carbonyl (C=O) groups is 2. The molecular weight excluding hydrogens is 284 g/mol. The van der Waals surface area contributed by atoms with Crippen molar-refractivity contribution in [2.75, 3.05) is 6.61 Å². The van der Waals surface area contributed by atoms with E-state index >= 15 is 0 Å². The summed E-state index contributed by atoms with van der Waals surface area (Å²) in [6.45, 7) is 1.67. The molecule has 2 aromatic carbocycles. The summed E-state index contributed by atoms with van der Waals surface area (Å²) in [5.41, 5.74) is 5.77. The van der Waals surface area contributed by atoms with E-state index in [2.05, 4.69) is 10.9 Å². The topological polar surface area (TPSA) is 87.7 Å². The van der Waals surface area contributed by atoms with Crippen molar-refractivity contribution in [3.63, 3.8) is 0 Å². The lowest BCUT2D eigenvalue weighted by atomic mass is 10.2. The Labute approximate surface area is 127 Å². The SMILES string of the molecule is Cc1ccccc1OCC(=O)NNC(=O)c1ccc(O)cc1. The molecular formula is C16H16N2O4. The molecule has 0 aromatic heterocycles. The Morgan fingerprint density at radius 3 is 2.41 bits per heavy atom. The summed E-state index contributed by atoms with van der Waals surface area (Å²) in [6.07, 6.45) is 0. The van der Waals surface area contributed by atoms with Gasteiger partial charge in [0.1, 0.15) is 11.5 Å². The van der Waals surface area contributed by atoms with E-state index in [0.717, 1.165) is 5.56 Å². The van der Waals surface area contributed by atoms with Gasteiger partial charge in [0.2, 0.25) is 0 Å². The number of carbonyl (C=O) groups excluding carboxylic acids is 2. The van der Waals surface area contributed by atoms with Crippen LogP contribution in [0.1, 0.15) is 15.9 Å². The highest BCUT2D eigenvalue weighted by molar-refractivity contribution is 5.95. The van der Waals surface area contributed by atoms with Crippen LogP contribution in [0, 0.1) is 6.92 Å². The second kappa shape index (κ2) is 7.12. The van der Waals surface area contributed by atoms with Gasteiger partial charge in [-0.3, -0.25) is 20.4 Å². The number of para-hydroxylation sites is 1. The second-order valence-corrected chi connectivity index (χ2v) is 4.60. The maximum atomic E-state index is 11.7. The van der Waals surface area contributed by atoms with Crippen molar-refractivity contribution >= 4 is 11.8 Å². The lowest BCUT2D eigenvalue weighted by Crippen LogP contribution is -2.43. The van der Waals surface area contributed by atoms with E-state index in [-0.39, 0.29) is 12.4 Å². The molecule has 22 heavy (non-hydrogen) atoms. The third-order valence-electron chi connectivity index (χ3n) is 2.90. The first-order valence-corrected chi connectivity index (χ1v) is 6.63. The van der Waals surface area contributed by atoms with E-state index < -0.39 is 11.8 Å². The van der Waals surface area contributed by atoms with Gasteiger partial charge in [-0.2, -0.15) is 0 Å². The Morgan fingerprint density at radius 2 is 1.73 bits per heavy atom. The first-order valence-electron chi connectivity index (χ1n) is 6.63. The third kappa shape index (κ3) is 4.24. The van der Waals surface area contributed by atoms with Crippen LogP contribution in [0.2, 0.25) is 0 Å². The summed E-state index contributed by atoms with van der Waals surface area (Å²) in [6, 6.07) is 13.0. The van der Waals surface area contributed by atoms with E-state index in [0.29, 0.717) is 11.3 Å². The monoisotopic (exact) mass is 300 g/mol. The van der Waals surface area contributed by atoms with Crippen LogP contribution in [0.3, 0.4) is 0 Å². The fourth-order valence-corrected chi connectivity index (χ4v) is 1.71.